The molecule has 3 nitrogen and oxygen atoms in total. The number of hydrogen-bond donors (Lipinski definition) is 1. The van der Waals surface area contributed by atoms with Gasteiger partial charge in [-0.25, -0.2) is 0 Å². The van der Waals surface area contributed by atoms with Crippen LogP contribution in [0.3, 0.4) is 0 Å². The molecule has 0 spiro atoms. The van der Waals surface area contributed by atoms with Gasteiger partial charge >= 0.3 is 0 Å². The first kappa shape index (κ1) is 14.9. The standard InChI is InChI=1S/C14H31N3/c1-12(2)11-16-6-8-17(9-7-16)13(10-15)14(3,4)5/h12-13H,6-11,15H2,1-5H3. The van der Waals surface area contributed by atoms with Gasteiger partial charge < -0.3 is 10.6 Å². The summed E-state index contributed by atoms with van der Waals surface area (Å²) in [6, 6.07) is 0.517. The second kappa shape index (κ2) is 6.17. The highest BCUT2D eigenvalue weighted by Crippen LogP contribution is 2.24. The maximum Gasteiger partial charge on any atom is 0.0267 e. The van der Waals surface area contributed by atoms with Crippen molar-refractivity contribution in [3.05, 3.63) is 0 Å². The van der Waals surface area contributed by atoms with Crippen molar-refractivity contribution in [2.75, 3.05) is 39.3 Å². The molecule has 1 atom stereocenters. The van der Waals surface area contributed by atoms with Crippen LogP contribution in [-0.2, 0) is 0 Å². The zero-order valence-corrected chi connectivity index (χ0v) is 12.4. The molecule has 17 heavy (non-hydrogen) atoms. The molecular formula is C14H31N3. The molecular weight excluding hydrogens is 210 g/mol. The average molecular weight is 241 g/mol. The Hall–Kier alpha value is -0.120. The molecule has 1 heterocycles. The number of nitrogens with two attached hydrogens (primary N) is 1. The minimum atomic E-state index is 0.287. The minimum Gasteiger partial charge on any atom is -0.329 e. The number of piperazine rings is 1. The molecule has 1 rings (SSSR count). The SMILES string of the molecule is CC(C)CN1CCN(C(CN)C(C)(C)C)CC1. The van der Waals surface area contributed by atoms with Gasteiger partial charge in [-0.05, 0) is 11.3 Å². The van der Waals surface area contributed by atoms with Crippen molar-refractivity contribution in [2.24, 2.45) is 17.1 Å². The van der Waals surface area contributed by atoms with Gasteiger partial charge in [-0.1, -0.05) is 34.6 Å². The molecule has 1 fully saturated rings. The van der Waals surface area contributed by atoms with Gasteiger partial charge in [-0.3, -0.25) is 4.90 Å². The Bertz CT molecular complexity index is 212. The second-order valence-corrected chi connectivity index (χ2v) is 6.85. The molecule has 0 aliphatic carbocycles. The van der Waals surface area contributed by atoms with Crippen LogP contribution in [0.2, 0.25) is 0 Å². The van der Waals surface area contributed by atoms with Crippen LogP contribution in [0.1, 0.15) is 34.6 Å². The molecule has 1 aliphatic heterocycles. The van der Waals surface area contributed by atoms with Crippen molar-refractivity contribution in [1.29, 1.82) is 0 Å². The zero-order chi connectivity index (χ0) is 13.1. The van der Waals surface area contributed by atoms with Crippen LogP contribution in [0.25, 0.3) is 0 Å². The molecule has 1 unspecified atom stereocenters. The molecule has 102 valence electrons. The van der Waals surface area contributed by atoms with Crippen molar-refractivity contribution in [2.45, 2.75) is 40.7 Å². The molecule has 0 amide bonds. The van der Waals surface area contributed by atoms with Crippen LogP contribution in [-0.4, -0.2) is 55.1 Å². The van der Waals surface area contributed by atoms with Crippen molar-refractivity contribution >= 4 is 0 Å². The van der Waals surface area contributed by atoms with E-state index in [4.69, 9.17) is 5.73 Å². The molecule has 0 aromatic rings. The number of hydrogen-bond acceptors (Lipinski definition) is 3. The Morgan fingerprint density at radius 3 is 1.94 bits per heavy atom. The summed E-state index contributed by atoms with van der Waals surface area (Å²) in [5, 5.41) is 0. The fourth-order valence-electron chi connectivity index (χ4n) is 2.82. The molecule has 0 aromatic carbocycles. The molecule has 3 heteroatoms. The fraction of sp³-hybridized carbons (Fsp3) is 1.00. The van der Waals surface area contributed by atoms with Crippen LogP contribution in [0.4, 0.5) is 0 Å². The monoisotopic (exact) mass is 241 g/mol. The summed E-state index contributed by atoms with van der Waals surface area (Å²) in [7, 11) is 0. The van der Waals surface area contributed by atoms with Gasteiger partial charge in [0.1, 0.15) is 0 Å². The van der Waals surface area contributed by atoms with Gasteiger partial charge in [0.05, 0.1) is 0 Å². The quantitative estimate of drug-likeness (QED) is 0.812. The maximum atomic E-state index is 5.95. The van der Waals surface area contributed by atoms with Crippen LogP contribution in [0, 0.1) is 11.3 Å². The van der Waals surface area contributed by atoms with Gasteiger partial charge in [0.25, 0.3) is 0 Å². The van der Waals surface area contributed by atoms with E-state index in [0.717, 1.165) is 12.5 Å². The molecule has 0 radical (unpaired) electrons. The van der Waals surface area contributed by atoms with E-state index < -0.39 is 0 Å². The fourth-order valence-corrected chi connectivity index (χ4v) is 2.82. The van der Waals surface area contributed by atoms with E-state index in [1.807, 2.05) is 0 Å². The van der Waals surface area contributed by atoms with Crippen molar-refractivity contribution < 1.29 is 0 Å². The Kier molecular flexibility index (Phi) is 5.42. The zero-order valence-electron chi connectivity index (χ0n) is 12.4. The first-order valence-electron chi connectivity index (χ1n) is 7.01. The summed E-state index contributed by atoms with van der Waals surface area (Å²) in [5.41, 5.74) is 6.24. The highest BCUT2D eigenvalue weighted by atomic mass is 15.3. The van der Waals surface area contributed by atoms with Crippen molar-refractivity contribution in [1.82, 2.24) is 9.80 Å². The van der Waals surface area contributed by atoms with E-state index >= 15 is 0 Å². The topological polar surface area (TPSA) is 32.5 Å². The lowest BCUT2D eigenvalue weighted by Crippen LogP contribution is -2.56. The van der Waals surface area contributed by atoms with Crippen LogP contribution < -0.4 is 5.73 Å². The predicted octanol–water partition coefficient (Wildman–Crippen LogP) is 1.63. The van der Waals surface area contributed by atoms with E-state index in [-0.39, 0.29) is 5.41 Å². The number of rotatable bonds is 4. The van der Waals surface area contributed by atoms with Crippen molar-refractivity contribution in [3.63, 3.8) is 0 Å². The highest BCUT2D eigenvalue weighted by molar-refractivity contribution is 4.87. The predicted molar refractivity (Wildman–Crippen MR) is 75.1 cm³/mol. The second-order valence-electron chi connectivity index (χ2n) is 6.85. The summed E-state index contributed by atoms with van der Waals surface area (Å²) in [5.74, 6) is 0.773. The Labute approximate surface area is 107 Å². The van der Waals surface area contributed by atoms with E-state index in [9.17, 15) is 0 Å². The smallest absolute Gasteiger partial charge is 0.0267 e. The first-order valence-corrected chi connectivity index (χ1v) is 7.01. The van der Waals surface area contributed by atoms with Gasteiger partial charge in [0, 0.05) is 45.3 Å². The van der Waals surface area contributed by atoms with E-state index in [2.05, 4.69) is 44.4 Å². The molecule has 0 bridgehead atoms. The van der Waals surface area contributed by atoms with Crippen molar-refractivity contribution in [3.8, 4) is 0 Å². The van der Waals surface area contributed by atoms with E-state index in [1.165, 1.54) is 32.7 Å². The largest absolute Gasteiger partial charge is 0.329 e. The normalized spacial score (nSPS) is 22.1. The van der Waals surface area contributed by atoms with Crippen LogP contribution in [0.15, 0.2) is 0 Å². The molecule has 1 saturated heterocycles. The summed E-state index contributed by atoms with van der Waals surface area (Å²) < 4.78 is 0. The maximum absolute atomic E-state index is 5.95. The summed E-state index contributed by atoms with van der Waals surface area (Å²) in [4.78, 5) is 5.16. The molecule has 0 aromatic heterocycles. The molecule has 1 aliphatic rings. The van der Waals surface area contributed by atoms with Gasteiger partial charge in [-0.2, -0.15) is 0 Å². The van der Waals surface area contributed by atoms with Gasteiger partial charge in [-0.15, -0.1) is 0 Å². The Morgan fingerprint density at radius 1 is 1.06 bits per heavy atom. The highest BCUT2D eigenvalue weighted by Gasteiger charge is 2.31. The Balaban J connectivity index is 2.45. The lowest BCUT2D eigenvalue weighted by molar-refractivity contribution is 0.0461. The molecule has 0 saturated carbocycles. The lowest BCUT2D eigenvalue weighted by atomic mass is 9.85. The third-order valence-corrected chi connectivity index (χ3v) is 3.69. The van der Waals surface area contributed by atoms with Crippen LogP contribution >= 0.6 is 0 Å². The average Bonchev–Trinajstić information content (AvgIpc) is 2.18. The first-order chi connectivity index (χ1) is 7.84. The third kappa shape index (κ3) is 4.57. The van der Waals surface area contributed by atoms with E-state index in [0.29, 0.717) is 6.04 Å². The summed E-state index contributed by atoms with van der Waals surface area (Å²) in [6.07, 6.45) is 0. The third-order valence-electron chi connectivity index (χ3n) is 3.69. The minimum absolute atomic E-state index is 0.287. The lowest BCUT2D eigenvalue weighted by Gasteiger charge is -2.44. The Morgan fingerprint density at radius 2 is 1.59 bits per heavy atom. The van der Waals surface area contributed by atoms with Gasteiger partial charge in [0.2, 0.25) is 0 Å². The number of nitrogens with zero attached hydrogens (tertiary/aromatic N) is 2. The van der Waals surface area contributed by atoms with E-state index in [1.54, 1.807) is 0 Å². The molecule has 2 N–H and O–H groups in total. The van der Waals surface area contributed by atoms with Crippen LogP contribution in [0.5, 0.6) is 0 Å². The summed E-state index contributed by atoms with van der Waals surface area (Å²) >= 11 is 0. The summed E-state index contributed by atoms with van der Waals surface area (Å²) in [6.45, 7) is 18.2. The van der Waals surface area contributed by atoms with Gasteiger partial charge in [0.15, 0.2) is 0 Å².